The molecule has 0 heterocycles. The number of carbonyl (C=O) groups excluding carboxylic acids is 1. The van der Waals surface area contributed by atoms with E-state index in [2.05, 4.69) is 10.6 Å². The van der Waals surface area contributed by atoms with Crippen molar-refractivity contribution in [2.45, 2.75) is 46.2 Å². The number of nitrogens with one attached hydrogen (secondary N) is 2. The van der Waals surface area contributed by atoms with Crippen molar-refractivity contribution in [3.05, 3.63) is 28.8 Å². The van der Waals surface area contributed by atoms with E-state index in [1.807, 2.05) is 33.8 Å². The summed E-state index contributed by atoms with van der Waals surface area (Å²) in [5.74, 6) is 0.522. The molecule has 2 N–H and O–H groups in total. The van der Waals surface area contributed by atoms with Crippen LogP contribution in [0, 0.1) is 0 Å². The fraction of sp³-hybridized carbons (Fsp3) is 0.611. The van der Waals surface area contributed by atoms with E-state index < -0.39 is 0 Å². The van der Waals surface area contributed by atoms with Crippen molar-refractivity contribution in [1.29, 1.82) is 0 Å². The third-order valence-corrected chi connectivity index (χ3v) is 3.29. The number of hydrogen-bond donors (Lipinski definition) is 2. The molecule has 0 atom stereocenters. The number of hydrogen-bond acceptors (Lipinski definition) is 4. The predicted molar refractivity (Wildman–Crippen MR) is 97.7 cm³/mol. The fourth-order valence-corrected chi connectivity index (χ4v) is 2.29. The Labute approximate surface area is 150 Å². The summed E-state index contributed by atoms with van der Waals surface area (Å²) in [5, 5.41) is 6.85. The molecule has 0 saturated carbocycles. The first-order valence-electron chi connectivity index (χ1n) is 8.32. The Hall–Kier alpha value is -1.30. The Kier molecular flexibility index (Phi) is 9.11. The second kappa shape index (κ2) is 10.5. The summed E-state index contributed by atoms with van der Waals surface area (Å²) in [6.07, 6.45) is 0.943. The van der Waals surface area contributed by atoms with Gasteiger partial charge in [0.15, 0.2) is 6.61 Å². The minimum atomic E-state index is -0.272. The van der Waals surface area contributed by atoms with E-state index in [0.717, 1.165) is 31.7 Å². The Balaban J connectivity index is 2.50. The normalized spacial score (nSPS) is 11.4. The lowest BCUT2D eigenvalue weighted by atomic mass is 10.1. The lowest BCUT2D eigenvalue weighted by molar-refractivity contribution is -0.124. The van der Waals surface area contributed by atoms with Crippen LogP contribution in [0.15, 0.2) is 18.2 Å². The van der Waals surface area contributed by atoms with Crippen molar-refractivity contribution in [3.63, 3.8) is 0 Å². The number of benzene rings is 1. The Morgan fingerprint density at radius 2 is 2.04 bits per heavy atom. The van der Waals surface area contributed by atoms with E-state index in [1.165, 1.54) is 0 Å². The Morgan fingerprint density at radius 1 is 1.29 bits per heavy atom. The lowest BCUT2D eigenvalue weighted by Crippen LogP contribution is -2.43. The third kappa shape index (κ3) is 9.11. The molecule has 1 rings (SSSR count). The smallest absolute Gasteiger partial charge is 0.258 e. The zero-order valence-corrected chi connectivity index (χ0v) is 15.8. The van der Waals surface area contributed by atoms with Crippen molar-refractivity contribution >= 4 is 17.5 Å². The average molecular weight is 357 g/mol. The molecule has 0 radical (unpaired) electrons. The molecule has 6 heteroatoms. The molecule has 0 bridgehead atoms. The molecule has 136 valence electrons. The maximum Gasteiger partial charge on any atom is 0.258 e. The fourth-order valence-electron chi connectivity index (χ4n) is 2.09. The van der Waals surface area contributed by atoms with Gasteiger partial charge in [0.25, 0.3) is 5.91 Å². The number of rotatable bonds is 10. The number of halogens is 1. The van der Waals surface area contributed by atoms with Crippen molar-refractivity contribution < 1.29 is 14.3 Å². The summed E-state index contributed by atoms with van der Waals surface area (Å²) in [7, 11) is 0. The van der Waals surface area contributed by atoms with Crippen molar-refractivity contribution in [2.24, 2.45) is 0 Å². The van der Waals surface area contributed by atoms with E-state index in [1.54, 1.807) is 12.1 Å². The maximum absolute atomic E-state index is 11.9. The largest absolute Gasteiger partial charge is 0.483 e. The standard InChI is InChI=1S/C18H29ClN2O3/c1-5-23-10-6-9-20-12-14-11-15(19)7-8-16(14)24-13-17(22)21-18(2,3)4/h7-8,11,20H,5-6,9-10,12-13H2,1-4H3,(H,21,22). The summed E-state index contributed by atoms with van der Waals surface area (Å²) < 4.78 is 11.0. The zero-order valence-electron chi connectivity index (χ0n) is 15.1. The average Bonchev–Trinajstić information content (AvgIpc) is 2.48. The van der Waals surface area contributed by atoms with Crippen LogP contribution in [-0.2, 0) is 16.1 Å². The van der Waals surface area contributed by atoms with Gasteiger partial charge in [-0.05, 0) is 58.9 Å². The summed E-state index contributed by atoms with van der Waals surface area (Å²) in [4.78, 5) is 11.9. The van der Waals surface area contributed by atoms with Crippen LogP contribution < -0.4 is 15.4 Å². The SMILES string of the molecule is CCOCCCNCc1cc(Cl)ccc1OCC(=O)NC(C)(C)C. The van der Waals surface area contributed by atoms with Crippen LogP contribution >= 0.6 is 11.6 Å². The van der Waals surface area contributed by atoms with Gasteiger partial charge in [-0.2, -0.15) is 0 Å². The van der Waals surface area contributed by atoms with Gasteiger partial charge in [0, 0.05) is 35.9 Å². The van der Waals surface area contributed by atoms with Crippen LogP contribution in [0.5, 0.6) is 5.75 Å². The maximum atomic E-state index is 11.9. The number of ether oxygens (including phenoxy) is 2. The van der Waals surface area contributed by atoms with Crippen LogP contribution in [0.25, 0.3) is 0 Å². The molecule has 1 amide bonds. The molecule has 0 saturated heterocycles. The van der Waals surface area contributed by atoms with Crippen molar-refractivity contribution in [3.8, 4) is 5.75 Å². The summed E-state index contributed by atoms with van der Waals surface area (Å²) in [6, 6.07) is 5.41. The molecule has 0 aromatic heterocycles. The highest BCUT2D eigenvalue weighted by Gasteiger charge is 2.14. The van der Waals surface area contributed by atoms with Gasteiger partial charge < -0.3 is 20.1 Å². The first kappa shape index (κ1) is 20.7. The molecule has 0 aliphatic heterocycles. The molecule has 0 fully saturated rings. The molecule has 0 aliphatic rings. The highest BCUT2D eigenvalue weighted by Crippen LogP contribution is 2.23. The predicted octanol–water partition coefficient (Wildman–Crippen LogP) is 3.15. The third-order valence-electron chi connectivity index (χ3n) is 3.06. The second-order valence-electron chi connectivity index (χ2n) is 6.57. The minimum absolute atomic E-state index is 0.0176. The van der Waals surface area contributed by atoms with Crippen LogP contribution in [0.4, 0.5) is 0 Å². The monoisotopic (exact) mass is 356 g/mol. The van der Waals surface area contributed by atoms with Gasteiger partial charge >= 0.3 is 0 Å². The van der Waals surface area contributed by atoms with Crippen LogP contribution in [0.1, 0.15) is 39.7 Å². The first-order chi connectivity index (χ1) is 11.3. The lowest BCUT2D eigenvalue weighted by Gasteiger charge is -2.21. The molecule has 0 unspecified atom stereocenters. The number of amides is 1. The van der Waals surface area contributed by atoms with Crippen LogP contribution in [0.2, 0.25) is 5.02 Å². The van der Waals surface area contributed by atoms with Gasteiger partial charge in [-0.15, -0.1) is 0 Å². The zero-order chi connectivity index (χ0) is 18.0. The van der Waals surface area contributed by atoms with E-state index in [4.69, 9.17) is 21.1 Å². The Bertz CT molecular complexity index is 515. The van der Waals surface area contributed by atoms with Gasteiger partial charge in [-0.25, -0.2) is 0 Å². The van der Waals surface area contributed by atoms with E-state index in [9.17, 15) is 4.79 Å². The Morgan fingerprint density at radius 3 is 2.71 bits per heavy atom. The van der Waals surface area contributed by atoms with Crippen LogP contribution in [0.3, 0.4) is 0 Å². The van der Waals surface area contributed by atoms with E-state index in [0.29, 0.717) is 17.3 Å². The minimum Gasteiger partial charge on any atom is -0.483 e. The van der Waals surface area contributed by atoms with Crippen molar-refractivity contribution in [2.75, 3.05) is 26.4 Å². The highest BCUT2D eigenvalue weighted by molar-refractivity contribution is 6.30. The molecular weight excluding hydrogens is 328 g/mol. The van der Waals surface area contributed by atoms with E-state index in [-0.39, 0.29) is 18.1 Å². The molecular formula is C18H29ClN2O3. The second-order valence-corrected chi connectivity index (χ2v) is 7.00. The molecule has 0 spiro atoms. The highest BCUT2D eigenvalue weighted by atomic mass is 35.5. The van der Waals surface area contributed by atoms with Gasteiger partial charge in [-0.3, -0.25) is 4.79 Å². The topological polar surface area (TPSA) is 59.6 Å². The van der Waals surface area contributed by atoms with Gasteiger partial charge in [0.2, 0.25) is 0 Å². The molecule has 1 aromatic carbocycles. The molecule has 24 heavy (non-hydrogen) atoms. The van der Waals surface area contributed by atoms with Crippen LogP contribution in [-0.4, -0.2) is 37.8 Å². The molecule has 1 aromatic rings. The number of carbonyl (C=O) groups is 1. The van der Waals surface area contributed by atoms with Gasteiger partial charge in [-0.1, -0.05) is 11.6 Å². The van der Waals surface area contributed by atoms with E-state index >= 15 is 0 Å². The quantitative estimate of drug-likeness (QED) is 0.632. The van der Waals surface area contributed by atoms with Gasteiger partial charge in [0.1, 0.15) is 5.75 Å². The summed E-state index contributed by atoms with van der Waals surface area (Å²) in [5.41, 5.74) is 0.660. The molecule has 0 aliphatic carbocycles. The molecule has 5 nitrogen and oxygen atoms in total. The van der Waals surface area contributed by atoms with Gasteiger partial charge in [0.05, 0.1) is 0 Å². The van der Waals surface area contributed by atoms with Crippen molar-refractivity contribution in [1.82, 2.24) is 10.6 Å². The summed E-state index contributed by atoms with van der Waals surface area (Å²) >= 11 is 6.07. The first-order valence-corrected chi connectivity index (χ1v) is 8.70. The summed E-state index contributed by atoms with van der Waals surface area (Å²) in [6.45, 7) is 10.7.